The summed E-state index contributed by atoms with van der Waals surface area (Å²) in [5, 5.41) is 4.19. The van der Waals surface area contributed by atoms with Crippen molar-refractivity contribution in [2.45, 2.75) is 6.54 Å². The molecule has 0 heterocycles. The van der Waals surface area contributed by atoms with Crippen LogP contribution in [0.15, 0.2) is 40.9 Å². The van der Waals surface area contributed by atoms with E-state index >= 15 is 0 Å². The van der Waals surface area contributed by atoms with Gasteiger partial charge in [-0.3, -0.25) is 0 Å². The standard InChI is InChI=1S/C13H9BrCl2FN/c14-9-1-4-13(12(17)6-9)18-7-8-5-10(15)2-3-11(8)16/h1-6,18H,7H2. The number of hydrogen-bond donors (Lipinski definition) is 1. The molecule has 0 saturated heterocycles. The van der Waals surface area contributed by atoms with Gasteiger partial charge < -0.3 is 5.32 Å². The molecule has 1 N–H and O–H groups in total. The molecule has 0 aliphatic carbocycles. The van der Waals surface area contributed by atoms with E-state index in [1.165, 1.54) is 6.07 Å². The fraction of sp³-hybridized carbons (Fsp3) is 0.0769. The minimum atomic E-state index is -0.317. The number of rotatable bonds is 3. The molecule has 18 heavy (non-hydrogen) atoms. The maximum Gasteiger partial charge on any atom is 0.147 e. The van der Waals surface area contributed by atoms with E-state index in [0.29, 0.717) is 26.8 Å². The fourth-order valence-electron chi connectivity index (χ4n) is 1.50. The van der Waals surface area contributed by atoms with Crippen molar-refractivity contribution in [1.29, 1.82) is 0 Å². The fourth-order valence-corrected chi connectivity index (χ4v) is 2.21. The molecule has 2 aromatic rings. The monoisotopic (exact) mass is 347 g/mol. The van der Waals surface area contributed by atoms with Gasteiger partial charge in [-0.05, 0) is 42.0 Å². The Morgan fingerprint density at radius 3 is 2.61 bits per heavy atom. The molecule has 0 aromatic heterocycles. The van der Waals surface area contributed by atoms with Crippen LogP contribution in [0.25, 0.3) is 0 Å². The Kier molecular flexibility index (Phi) is 4.49. The highest BCUT2D eigenvalue weighted by Gasteiger charge is 2.05. The number of anilines is 1. The van der Waals surface area contributed by atoms with Gasteiger partial charge >= 0.3 is 0 Å². The zero-order valence-electron chi connectivity index (χ0n) is 9.18. The van der Waals surface area contributed by atoms with Crippen LogP contribution in [0.2, 0.25) is 10.0 Å². The molecule has 0 aliphatic rings. The molecule has 0 radical (unpaired) electrons. The Morgan fingerprint density at radius 2 is 1.89 bits per heavy atom. The van der Waals surface area contributed by atoms with Crippen LogP contribution in [-0.4, -0.2) is 0 Å². The summed E-state index contributed by atoms with van der Waals surface area (Å²) < 4.78 is 14.3. The van der Waals surface area contributed by atoms with E-state index in [2.05, 4.69) is 21.2 Å². The second-order valence-corrected chi connectivity index (χ2v) is 5.47. The van der Waals surface area contributed by atoms with Crippen LogP contribution in [0.1, 0.15) is 5.56 Å². The summed E-state index contributed by atoms with van der Waals surface area (Å²) in [4.78, 5) is 0. The van der Waals surface area contributed by atoms with Crippen molar-refractivity contribution in [3.63, 3.8) is 0 Å². The Labute approximate surface area is 123 Å². The average Bonchev–Trinajstić information content (AvgIpc) is 2.32. The Balaban J connectivity index is 2.13. The van der Waals surface area contributed by atoms with Gasteiger partial charge in [0, 0.05) is 21.1 Å². The van der Waals surface area contributed by atoms with Crippen LogP contribution in [-0.2, 0) is 6.54 Å². The molecule has 2 aromatic carbocycles. The summed E-state index contributed by atoms with van der Waals surface area (Å²) >= 11 is 15.1. The number of benzene rings is 2. The normalized spacial score (nSPS) is 10.4. The van der Waals surface area contributed by atoms with Gasteiger partial charge in [-0.2, -0.15) is 0 Å². The maximum absolute atomic E-state index is 13.6. The van der Waals surface area contributed by atoms with Gasteiger partial charge in [-0.15, -0.1) is 0 Å². The van der Waals surface area contributed by atoms with Crippen molar-refractivity contribution >= 4 is 44.8 Å². The minimum Gasteiger partial charge on any atom is -0.379 e. The van der Waals surface area contributed by atoms with Crippen molar-refractivity contribution in [3.05, 3.63) is 62.3 Å². The van der Waals surface area contributed by atoms with Crippen LogP contribution >= 0.6 is 39.1 Å². The van der Waals surface area contributed by atoms with Gasteiger partial charge in [0.05, 0.1) is 5.69 Å². The summed E-state index contributed by atoms with van der Waals surface area (Å²) in [6.07, 6.45) is 0. The third-order valence-electron chi connectivity index (χ3n) is 2.41. The first kappa shape index (κ1) is 13.7. The predicted octanol–water partition coefficient (Wildman–Crippen LogP) is 5.51. The minimum absolute atomic E-state index is 0.317. The smallest absolute Gasteiger partial charge is 0.147 e. The maximum atomic E-state index is 13.6. The number of halogens is 4. The topological polar surface area (TPSA) is 12.0 Å². The van der Waals surface area contributed by atoms with E-state index in [1.807, 2.05) is 0 Å². The van der Waals surface area contributed by atoms with Gasteiger partial charge in [-0.25, -0.2) is 4.39 Å². The Hall–Kier alpha value is -0.770. The highest BCUT2D eigenvalue weighted by atomic mass is 79.9. The molecule has 0 bridgehead atoms. The van der Waals surface area contributed by atoms with Gasteiger partial charge in [-0.1, -0.05) is 39.1 Å². The molecule has 0 saturated carbocycles. The molecule has 0 atom stereocenters. The lowest BCUT2D eigenvalue weighted by Crippen LogP contribution is -2.02. The van der Waals surface area contributed by atoms with E-state index < -0.39 is 0 Å². The van der Waals surface area contributed by atoms with Gasteiger partial charge in [0.25, 0.3) is 0 Å². The second-order valence-electron chi connectivity index (χ2n) is 3.71. The molecule has 0 spiro atoms. The van der Waals surface area contributed by atoms with Crippen LogP contribution in [0, 0.1) is 5.82 Å². The Bertz CT molecular complexity index is 575. The molecule has 94 valence electrons. The molecule has 1 nitrogen and oxygen atoms in total. The second kappa shape index (κ2) is 5.91. The van der Waals surface area contributed by atoms with Crippen molar-refractivity contribution in [3.8, 4) is 0 Å². The van der Waals surface area contributed by atoms with E-state index in [9.17, 15) is 4.39 Å². The van der Waals surface area contributed by atoms with Crippen molar-refractivity contribution in [2.24, 2.45) is 0 Å². The summed E-state index contributed by atoms with van der Waals surface area (Å²) in [6.45, 7) is 0.415. The molecular weight excluding hydrogens is 340 g/mol. The zero-order chi connectivity index (χ0) is 13.1. The van der Waals surface area contributed by atoms with Crippen LogP contribution in [0.4, 0.5) is 10.1 Å². The first-order chi connectivity index (χ1) is 8.56. The third-order valence-corrected chi connectivity index (χ3v) is 3.51. The van der Waals surface area contributed by atoms with E-state index in [1.54, 1.807) is 30.3 Å². The molecule has 0 amide bonds. The molecule has 0 fully saturated rings. The molecule has 5 heteroatoms. The molecular formula is C13H9BrCl2FN. The summed E-state index contributed by atoms with van der Waals surface area (Å²) in [5.74, 6) is -0.317. The lowest BCUT2D eigenvalue weighted by Gasteiger charge is -2.09. The lowest BCUT2D eigenvalue weighted by atomic mass is 10.2. The van der Waals surface area contributed by atoms with Crippen molar-refractivity contribution in [1.82, 2.24) is 0 Å². The van der Waals surface area contributed by atoms with Crippen LogP contribution in [0.5, 0.6) is 0 Å². The highest BCUT2D eigenvalue weighted by Crippen LogP contribution is 2.23. The van der Waals surface area contributed by atoms with Crippen LogP contribution in [0.3, 0.4) is 0 Å². The third kappa shape index (κ3) is 3.37. The zero-order valence-corrected chi connectivity index (χ0v) is 12.3. The molecule has 0 aliphatic heterocycles. The molecule has 2 rings (SSSR count). The van der Waals surface area contributed by atoms with E-state index in [-0.39, 0.29) is 5.82 Å². The largest absolute Gasteiger partial charge is 0.379 e. The van der Waals surface area contributed by atoms with Gasteiger partial charge in [0.2, 0.25) is 0 Å². The average molecular weight is 349 g/mol. The first-order valence-electron chi connectivity index (χ1n) is 5.19. The lowest BCUT2D eigenvalue weighted by molar-refractivity contribution is 0.629. The highest BCUT2D eigenvalue weighted by molar-refractivity contribution is 9.10. The predicted molar refractivity (Wildman–Crippen MR) is 77.9 cm³/mol. The van der Waals surface area contributed by atoms with Crippen molar-refractivity contribution < 1.29 is 4.39 Å². The first-order valence-corrected chi connectivity index (χ1v) is 6.74. The summed E-state index contributed by atoms with van der Waals surface area (Å²) in [6, 6.07) is 10.0. The summed E-state index contributed by atoms with van der Waals surface area (Å²) in [7, 11) is 0. The number of nitrogens with one attached hydrogen (secondary N) is 1. The van der Waals surface area contributed by atoms with Gasteiger partial charge in [0.1, 0.15) is 5.82 Å². The van der Waals surface area contributed by atoms with E-state index in [4.69, 9.17) is 23.2 Å². The summed E-state index contributed by atoms with van der Waals surface area (Å²) in [5.41, 5.74) is 1.25. The SMILES string of the molecule is Fc1cc(Br)ccc1NCc1cc(Cl)ccc1Cl. The number of hydrogen-bond acceptors (Lipinski definition) is 1. The molecule has 0 unspecified atom stereocenters. The van der Waals surface area contributed by atoms with Crippen LogP contribution < -0.4 is 5.32 Å². The quantitative estimate of drug-likeness (QED) is 0.771. The Morgan fingerprint density at radius 1 is 1.11 bits per heavy atom. The van der Waals surface area contributed by atoms with Gasteiger partial charge in [0.15, 0.2) is 0 Å². The van der Waals surface area contributed by atoms with Crippen molar-refractivity contribution in [2.75, 3.05) is 5.32 Å². The van der Waals surface area contributed by atoms with E-state index in [0.717, 1.165) is 5.56 Å².